The van der Waals surface area contributed by atoms with Crippen molar-refractivity contribution in [2.45, 2.75) is 71.6 Å². The third kappa shape index (κ3) is 4.29. The van der Waals surface area contributed by atoms with Crippen LogP contribution in [0, 0.1) is 0 Å². The summed E-state index contributed by atoms with van der Waals surface area (Å²) in [5.41, 5.74) is 3.24. The van der Waals surface area contributed by atoms with Crippen molar-refractivity contribution in [1.82, 2.24) is 0 Å². The predicted molar refractivity (Wildman–Crippen MR) is 75.5 cm³/mol. The van der Waals surface area contributed by atoms with E-state index >= 15 is 0 Å². The maximum atomic E-state index is 2.36. The number of thiophene rings is 1. The fourth-order valence-corrected chi connectivity index (χ4v) is 3.12. The quantitative estimate of drug-likeness (QED) is 0.504. The molecule has 0 N–H and O–H groups in total. The SMILES string of the molecule is CCCCCCCc1cscc1C(C)CC. The van der Waals surface area contributed by atoms with Crippen LogP contribution in [0.25, 0.3) is 0 Å². The summed E-state index contributed by atoms with van der Waals surface area (Å²) in [6.45, 7) is 6.91. The van der Waals surface area contributed by atoms with Crippen molar-refractivity contribution in [3.05, 3.63) is 21.9 Å². The van der Waals surface area contributed by atoms with Crippen molar-refractivity contribution in [3.8, 4) is 0 Å². The number of aryl methyl sites for hydroxylation is 1. The predicted octanol–water partition coefficient (Wildman–Crippen LogP) is 5.77. The Morgan fingerprint density at radius 3 is 2.50 bits per heavy atom. The first-order valence-corrected chi connectivity index (χ1v) is 7.78. The maximum absolute atomic E-state index is 2.36. The average molecular weight is 238 g/mol. The fourth-order valence-electron chi connectivity index (χ4n) is 2.11. The molecule has 0 saturated carbocycles. The molecule has 0 amide bonds. The van der Waals surface area contributed by atoms with Crippen molar-refractivity contribution in [3.63, 3.8) is 0 Å². The summed E-state index contributed by atoms with van der Waals surface area (Å²) in [4.78, 5) is 0. The van der Waals surface area contributed by atoms with E-state index in [-0.39, 0.29) is 0 Å². The molecule has 0 nitrogen and oxygen atoms in total. The van der Waals surface area contributed by atoms with E-state index in [0.29, 0.717) is 0 Å². The van der Waals surface area contributed by atoms with Crippen LogP contribution in [0.2, 0.25) is 0 Å². The Labute approximate surface area is 105 Å². The van der Waals surface area contributed by atoms with Gasteiger partial charge in [-0.2, -0.15) is 11.3 Å². The molecule has 0 bridgehead atoms. The molecular weight excluding hydrogens is 212 g/mol. The second-order valence-corrected chi connectivity index (χ2v) is 5.57. The van der Waals surface area contributed by atoms with Crippen molar-refractivity contribution in [1.29, 1.82) is 0 Å². The Bertz CT molecular complexity index is 275. The fraction of sp³-hybridized carbons (Fsp3) is 0.733. The first kappa shape index (κ1) is 13.8. The molecule has 0 aliphatic carbocycles. The Balaban J connectivity index is 2.33. The van der Waals surface area contributed by atoms with Gasteiger partial charge in [-0.3, -0.25) is 0 Å². The first-order chi connectivity index (χ1) is 7.79. The number of hydrogen-bond acceptors (Lipinski definition) is 1. The van der Waals surface area contributed by atoms with Gasteiger partial charge in [0.05, 0.1) is 0 Å². The van der Waals surface area contributed by atoms with E-state index in [0.717, 1.165) is 5.92 Å². The Morgan fingerprint density at radius 1 is 1.06 bits per heavy atom. The summed E-state index contributed by atoms with van der Waals surface area (Å²) in [6, 6.07) is 0. The molecule has 16 heavy (non-hydrogen) atoms. The van der Waals surface area contributed by atoms with Crippen molar-refractivity contribution in [2.75, 3.05) is 0 Å². The summed E-state index contributed by atoms with van der Waals surface area (Å²) < 4.78 is 0. The van der Waals surface area contributed by atoms with Gasteiger partial charge < -0.3 is 0 Å². The van der Waals surface area contributed by atoms with Crippen molar-refractivity contribution in [2.24, 2.45) is 0 Å². The highest BCUT2D eigenvalue weighted by molar-refractivity contribution is 7.08. The summed E-state index contributed by atoms with van der Waals surface area (Å²) >= 11 is 1.88. The number of rotatable bonds is 8. The molecule has 0 aromatic carbocycles. The number of unbranched alkanes of at least 4 members (excludes halogenated alkanes) is 4. The highest BCUT2D eigenvalue weighted by Gasteiger charge is 2.09. The highest BCUT2D eigenvalue weighted by atomic mass is 32.1. The Kier molecular flexibility index (Phi) is 6.79. The van der Waals surface area contributed by atoms with Crippen LogP contribution in [0.1, 0.15) is 76.3 Å². The summed E-state index contributed by atoms with van der Waals surface area (Å²) in [5.74, 6) is 0.747. The minimum Gasteiger partial charge on any atom is -0.152 e. The zero-order valence-electron chi connectivity index (χ0n) is 11.1. The lowest BCUT2D eigenvalue weighted by molar-refractivity contribution is 0.628. The van der Waals surface area contributed by atoms with Crippen LogP contribution in [-0.2, 0) is 6.42 Å². The van der Waals surface area contributed by atoms with Gasteiger partial charge in [-0.25, -0.2) is 0 Å². The Hall–Kier alpha value is -0.300. The average Bonchev–Trinajstić information content (AvgIpc) is 2.76. The van der Waals surface area contributed by atoms with Crippen LogP contribution in [0.5, 0.6) is 0 Å². The van der Waals surface area contributed by atoms with Gasteiger partial charge in [-0.05, 0) is 47.1 Å². The molecule has 0 aliphatic heterocycles. The molecule has 1 aromatic heterocycles. The van der Waals surface area contributed by atoms with Crippen LogP contribution >= 0.6 is 11.3 Å². The second-order valence-electron chi connectivity index (χ2n) is 4.83. The molecule has 1 unspecified atom stereocenters. The standard InChI is InChI=1S/C15H26S/c1-4-6-7-8-9-10-14-11-16-12-15(14)13(3)5-2/h11-13H,4-10H2,1-3H3. The smallest absolute Gasteiger partial charge is 0.00557 e. The molecule has 0 spiro atoms. The molecule has 1 aromatic rings. The van der Waals surface area contributed by atoms with E-state index in [1.165, 1.54) is 44.9 Å². The molecule has 0 fully saturated rings. The lowest BCUT2D eigenvalue weighted by Gasteiger charge is -2.10. The third-order valence-electron chi connectivity index (χ3n) is 3.47. The van der Waals surface area contributed by atoms with Crippen LogP contribution in [-0.4, -0.2) is 0 Å². The molecule has 0 radical (unpaired) electrons. The first-order valence-electron chi connectivity index (χ1n) is 6.84. The Morgan fingerprint density at radius 2 is 1.81 bits per heavy atom. The van der Waals surface area contributed by atoms with Crippen LogP contribution < -0.4 is 0 Å². The van der Waals surface area contributed by atoms with Gasteiger partial charge in [0.25, 0.3) is 0 Å². The number of hydrogen-bond donors (Lipinski definition) is 0. The van der Waals surface area contributed by atoms with Gasteiger partial charge in [-0.1, -0.05) is 46.5 Å². The monoisotopic (exact) mass is 238 g/mol. The van der Waals surface area contributed by atoms with E-state index in [9.17, 15) is 0 Å². The summed E-state index contributed by atoms with van der Waals surface area (Å²) in [6.07, 6.45) is 9.51. The normalized spacial score (nSPS) is 12.9. The van der Waals surface area contributed by atoms with Gasteiger partial charge in [0.1, 0.15) is 0 Å². The lowest BCUT2D eigenvalue weighted by Crippen LogP contribution is -1.95. The minimum atomic E-state index is 0.747. The van der Waals surface area contributed by atoms with Gasteiger partial charge in [0.15, 0.2) is 0 Å². The van der Waals surface area contributed by atoms with E-state index < -0.39 is 0 Å². The highest BCUT2D eigenvalue weighted by Crippen LogP contribution is 2.27. The third-order valence-corrected chi connectivity index (χ3v) is 4.28. The van der Waals surface area contributed by atoms with E-state index in [2.05, 4.69) is 31.5 Å². The molecule has 1 rings (SSSR count). The van der Waals surface area contributed by atoms with Crippen LogP contribution in [0.4, 0.5) is 0 Å². The van der Waals surface area contributed by atoms with Crippen molar-refractivity contribution < 1.29 is 0 Å². The van der Waals surface area contributed by atoms with Crippen molar-refractivity contribution >= 4 is 11.3 Å². The second kappa shape index (κ2) is 7.89. The van der Waals surface area contributed by atoms with Gasteiger partial charge in [-0.15, -0.1) is 0 Å². The topological polar surface area (TPSA) is 0 Å². The summed E-state index contributed by atoms with van der Waals surface area (Å²) in [5, 5.41) is 4.72. The molecule has 1 atom stereocenters. The molecule has 0 aliphatic rings. The maximum Gasteiger partial charge on any atom is -0.00557 e. The zero-order chi connectivity index (χ0) is 11.8. The van der Waals surface area contributed by atoms with Gasteiger partial charge in [0.2, 0.25) is 0 Å². The van der Waals surface area contributed by atoms with E-state index in [1.807, 2.05) is 11.3 Å². The van der Waals surface area contributed by atoms with E-state index in [1.54, 1.807) is 11.1 Å². The van der Waals surface area contributed by atoms with Crippen LogP contribution in [0.15, 0.2) is 10.8 Å². The molecule has 1 heteroatoms. The van der Waals surface area contributed by atoms with Gasteiger partial charge in [0, 0.05) is 0 Å². The molecular formula is C15H26S. The van der Waals surface area contributed by atoms with E-state index in [4.69, 9.17) is 0 Å². The lowest BCUT2D eigenvalue weighted by atomic mass is 9.95. The summed E-state index contributed by atoms with van der Waals surface area (Å²) in [7, 11) is 0. The van der Waals surface area contributed by atoms with Crippen LogP contribution in [0.3, 0.4) is 0 Å². The van der Waals surface area contributed by atoms with Gasteiger partial charge >= 0.3 is 0 Å². The minimum absolute atomic E-state index is 0.747. The molecule has 0 saturated heterocycles. The zero-order valence-corrected chi connectivity index (χ0v) is 11.9. The molecule has 92 valence electrons. The molecule has 1 heterocycles. The largest absolute Gasteiger partial charge is 0.152 e.